The van der Waals surface area contributed by atoms with Crippen LogP contribution in [0.2, 0.25) is 0 Å². The molecule has 0 spiro atoms. The molecule has 74 valence electrons. The van der Waals surface area contributed by atoms with Gasteiger partial charge in [-0.1, -0.05) is 6.92 Å². The van der Waals surface area contributed by atoms with E-state index in [1.165, 1.54) is 0 Å². The third-order valence-electron chi connectivity index (χ3n) is 2.04. The van der Waals surface area contributed by atoms with Crippen molar-refractivity contribution >= 4 is 17.0 Å². The zero-order valence-corrected chi connectivity index (χ0v) is 8.60. The summed E-state index contributed by atoms with van der Waals surface area (Å²) < 4.78 is 0. The first-order chi connectivity index (χ1) is 6.27. The number of nitrogens with one attached hydrogen (secondary N) is 1. The van der Waals surface area contributed by atoms with Gasteiger partial charge >= 0.3 is 0 Å². The first-order valence-electron chi connectivity index (χ1n) is 4.44. The van der Waals surface area contributed by atoms with Crippen LogP contribution in [0, 0.1) is 0 Å². The van der Waals surface area contributed by atoms with Gasteiger partial charge in [0.15, 0.2) is 0 Å². The van der Waals surface area contributed by atoms with Crippen LogP contribution >= 0.6 is 11.3 Å². The largest absolute Gasteiger partial charge is 0.398 e. The minimum atomic E-state index is 0.182. The van der Waals surface area contributed by atoms with Crippen LogP contribution < -0.4 is 11.1 Å². The van der Waals surface area contributed by atoms with E-state index in [4.69, 9.17) is 10.8 Å². The van der Waals surface area contributed by atoms with E-state index in [-0.39, 0.29) is 12.6 Å². The van der Waals surface area contributed by atoms with Crippen LogP contribution in [0.15, 0.2) is 11.4 Å². The lowest BCUT2D eigenvalue weighted by Gasteiger charge is -2.13. The fourth-order valence-electron chi connectivity index (χ4n) is 1.07. The number of aliphatic hydroxyl groups excluding tert-OH is 1. The molecule has 3 nitrogen and oxygen atoms in total. The molecule has 0 unspecified atom stereocenters. The summed E-state index contributed by atoms with van der Waals surface area (Å²) in [5.41, 5.74) is 6.56. The lowest BCUT2D eigenvalue weighted by molar-refractivity contribution is 0.238. The Balaban J connectivity index is 2.38. The minimum absolute atomic E-state index is 0.182. The van der Waals surface area contributed by atoms with Crippen LogP contribution in [0.5, 0.6) is 0 Å². The molecule has 4 N–H and O–H groups in total. The summed E-state index contributed by atoms with van der Waals surface area (Å²) in [6.07, 6.45) is 0.932. The van der Waals surface area contributed by atoms with E-state index in [0.29, 0.717) is 0 Å². The van der Waals surface area contributed by atoms with Crippen molar-refractivity contribution in [3.8, 4) is 0 Å². The van der Waals surface area contributed by atoms with Crippen molar-refractivity contribution in [3.63, 3.8) is 0 Å². The Labute approximate surface area is 82.6 Å². The van der Waals surface area contributed by atoms with Crippen molar-refractivity contribution in [1.82, 2.24) is 5.32 Å². The quantitative estimate of drug-likeness (QED) is 0.669. The molecule has 0 aliphatic carbocycles. The molecule has 1 rings (SSSR count). The molecule has 0 radical (unpaired) electrons. The van der Waals surface area contributed by atoms with E-state index in [9.17, 15) is 0 Å². The maximum Gasteiger partial charge on any atom is 0.0584 e. The second kappa shape index (κ2) is 5.21. The van der Waals surface area contributed by atoms with Crippen molar-refractivity contribution in [1.29, 1.82) is 0 Å². The molecule has 1 atom stereocenters. The van der Waals surface area contributed by atoms with E-state index in [1.54, 1.807) is 11.3 Å². The number of nitrogen functional groups attached to an aromatic ring is 1. The zero-order valence-electron chi connectivity index (χ0n) is 7.79. The van der Waals surface area contributed by atoms with E-state index >= 15 is 0 Å². The van der Waals surface area contributed by atoms with Crippen LogP contribution in [-0.4, -0.2) is 17.8 Å². The minimum Gasteiger partial charge on any atom is -0.398 e. The number of thiophene rings is 1. The maximum atomic E-state index is 8.93. The summed E-state index contributed by atoms with van der Waals surface area (Å²) in [7, 11) is 0. The first-order valence-corrected chi connectivity index (χ1v) is 5.32. The van der Waals surface area contributed by atoms with Gasteiger partial charge < -0.3 is 16.2 Å². The molecule has 0 saturated heterocycles. The molecule has 0 aromatic carbocycles. The normalized spacial score (nSPS) is 13.1. The van der Waals surface area contributed by atoms with E-state index in [1.807, 2.05) is 18.4 Å². The summed E-state index contributed by atoms with van der Waals surface area (Å²) in [5, 5.41) is 14.2. The standard InChI is InChI=1S/C9H16N2OS/c1-2-7(6-12)11-5-9-8(10)3-4-13-9/h3-4,7,11-12H,2,5-6,10H2,1H3/t7-/m0/s1. The van der Waals surface area contributed by atoms with Gasteiger partial charge in [-0.2, -0.15) is 0 Å². The van der Waals surface area contributed by atoms with Crippen molar-refractivity contribution in [2.24, 2.45) is 0 Å². The predicted molar refractivity (Wildman–Crippen MR) is 56.7 cm³/mol. The van der Waals surface area contributed by atoms with Gasteiger partial charge in [0.1, 0.15) is 0 Å². The number of rotatable bonds is 5. The monoisotopic (exact) mass is 200 g/mol. The van der Waals surface area contributed by atoms with Gasteiger partial charge in [0, 0.05) is 23.2 Å². The van der Waals surface area contributed by atoms with Crippen LogP contribution in [0.3, 0.4) is 0 Å². The molecule has 0 aliphatic heterocycles. The molecule has 0 aliphatic rings. The molecule has 0 bridgehead atoms. The highest BCUT2D eigenvalue weighted by molar-refractivity contribution is 7.10. The Hall–Kier alpha value is -0.580. The van der Waals surface area contributed by atoms with Crippen molar-refractivity contribution in [2.75, 3.05) is 12.3 Å². The Morgan fingerprint density at radius 3 is 2.92 bits per heavy atom. The lowest BCUT2D eigenvalue weighted by atomic mass is 10.2. The van der Waals surface area contributed by atoms with Gasteiger partial charge in [0.25, 0.3) is 0 Å². The Morgan fingerprint density at radius 1 is 1.69 bits per heavy atom. The Bertz CT molecular complexity index is 246. The maximum absolute atomic E-state index is 8.93. The average molecular weight is 200 g/mol. The molecular weight excluding hydrogens is 184 g/mol. The molecule has 0 saturated carbocycles. The van der Waals surface area contributed by atoms with Crippen molar-refractivity contribution in [3.05, 3.63) is 16.3 Å². The molecule has 1 aromatic heterocycles. The second-order valence-corrected chi connectivity index (χ2v) is 3.97. The fraction of sp³-hybridized carbons (Fsp3) is 0.556. The summed E-state index contributed by atoms with van der Waals surface area (Å²) in [6, 6.07) is 2.09. The fourth-order valence-corrected chi connectivity index (χ4v) is 1.82. The van der Waals surface area contributed by atoms with Gasteiger partial charge in [-0.15, -0.1) is 11.3 Å². The molecule has 1 heterocycles. The van der Waals surface area contributed by atoms with Gasteiger partial charge in [-0.25, -0.2) is 0 Å². The van der Waals surface area contributed by atoms with Gasteiger partial charge in [-0.3, -0.25) is 0 Å². The Kier molecular flexibility index (Phi) is 4.21. The Morgan fingerprint density at radius 2 is 2.46 bits per heavy atom. The summed E-state index contributed by atoms with van der Waals surface area (Å²) in [4.78, 5) is 1.15. The molecule has 0 amide bonds. The van der Waals surface area contributed by atoms with Crippen LogP contribution in [0.25, 0.3) is 0 Å². The topological polar surface area (TPSA) is 58.3 Å². The number of hydrogen-bond donors (Lipinski definition) is 3. The number of aliphatic hydroxyl groups is 1. The highest BCUT2D eigenvalue weighted by Crippen LogP contribution is 2.18. The van der Waals surface area contributed by atoms with Gasteiger partial charge in [0.2, 0.25) is 0 Å². The summed E-state index contributed by atoms with van der Waals surface area (Å²) >= 11 is 1.64. The van der Waals surface area contributed by atoms with Crippen molar-refractivity contribution in [2.45, 2.75) is 25.9 Å². The number of hydrogen-bond acceptors (Lipinski definition) is 4. The van der Waals surface area contributed by atoms with Gasteiger partial charge in [-0.05, 0) is 17.9 Å². The number of nitrogens with two attached hydrogens (primary N) is 1. The van der Waals surface area contributed by atoms with Crippen LogP contribution in [0.4, 0.5) is 5.69 Å². The SMILES string of the molecule is CC[C@@H](CO)NCc1sccc1N. The van der Waals surface area contributed by atoms with E-state index in [2.05, 4.69) is 5.32 Å². The molecule has 13 heavy (non-hydrogen) atoms. The zero-order chi connectivity index (χ0) is 9.68. The lowest BCUT2D eigenvalue weighted by Crippen LogP contribution is -2.31. The molecular formula is C9H16N2OS. The highest BCUT2D eigenvalue weighted by Gasteiger charge is 2.05. The summed E-state index contributed by atoms with van der Waals surface area (Å²) in [5.74, 6) is 0. The smallest absolute Gasteiger partial charge is 0.0584 e. The first kappa shape index (κ1) is 10.5. The second-order valence-electron chi connectivity index (χ2n) is 2.97. The number of anilines is 1. The third-order valence-corrected chi connectivity index (χ3v) is 2.98. The van der Waals surface area contributed by atoms with Crippen LogP contribution in [-0.2, 0) is 6.54 Å². The van der Waals surface area contributed by atoms with E-state index < -0.39 is 0 Å². The average Bonchev–Trinajstić information content (AvgIpc) is 2.54. The third kappa shape index (κ3) is 2.99. The van der Waals surface area contributed by atoms with Crippen molar-refractivity contribution < 1.29 is 5.11 Å². The van der Waals surface area contributed by atoms with E-state index in [0.717, 1.165) is 23.5 Å². The molecule has 1 aromatic rings. The molecule has 0 fully saturated rings. The summed E-state index contributed by atoms with van der Waals surface area (Å²) in [6.45, 7) is 2.98. The predicted octanol–water partition coefficient (Wildman–Crippen LogP) is 1.19. The molecule has 4 heteroatoms. The van der Waals surface area contributed by atoms with Crippen LogP contribution in [0.1, 0.15) is 18.2 Å². The highest BCUT2D eigenvalue weighted by atomic mass is 32.1. The van der Waals surface area contributed by atoms with Gasteiger partial charge in [0.05, 0.1) is 6.61 Å².